The molecule has 1 aromatic carbocycles. The zero-order valence-corrected chi connectivity index (χ0v) is 11.9. The molecule has 1 aromatic rings. The average Bonchev–Trinajstić information content (AvgIpc) is 2.65. The molecule has 1 unspecified atom stereocenters. The highest BCUT2D eigenvalue weighted by Crippen LogP contribution is 2.36. The molecule has 1 aliphatic rings. The van der Waals surface area contributed by atoms with Crippen LogP contribution in [-0.2, 0) is 11.3 Å². The van der Waals surface area contributed by atoms with Crippen molar-refractivity contribution in [1.29, 1.82) is 0 Å². The second-order valence-electron chi connectivity index (χ2n) is 5.66. The number of rotatable bonds is 1. The molecular weight excluding hydrogens is 265 g/mol. The lowest BCUT2D eigenvalue weighted by molar-refractivity contribution is -0.0258. The molecule has 0 aliphatic carbocycles. The predicted molar refractivity (Wildman–Crippen MR) is 69.7 cm³/mol. The first-order valence-electron chi connectivity index (χ1n) is 6.27. The molecule has 1 heterocycles. The molecular formula is C14H18FNO4. The fourth-order valence-electron chi connectivity index (χ4n) is 2.06. The van der Waals surface area contributed by atoms with E-state index in [2.05, 4.69) is 0 Å². The SMILES string of the molecule is COc1cc(F)c2c(c1)C(O)N(C(=O)OC(C)(C)C)C2. The van der Waals surface area contributed by atoms with Crippen molar-refractivity contribution in [2.24, 2.45) is 0 Å². The number of halogens is 1. The van der Waals surface area contributed by atoms with Crippen molar-refractivity contribution in [3.63, 3.8) is 0 Å². The number of ether oxygens (including phenoxy) is 2. The van der Waals surface area contributed by atoms with Crippen molar-refractivity contribution in [2.45, 2.75) is 39.1 Å². The molecule has 20 heavy (non-hydrogen) atoms. The smallest absolute Gasteiger partial charge is 0.412 e. The van der Waals surface area contributed by atoms with Crippen LogP contribution < -0.4 is 4.74 Å². The highest BCUT2D eigenvalue weighted by Gasteiger charge is 2.37. The predicted octanol–water partition coefficient (Wildman–Crippen LogP) is 2.58. The molecule has 1 atom stereocenters. The van der Waals surface area contributed by atoms with Crippen LogP contribution in [0, 0.1) is 5.82 Å². The van der Waals surface area contributed by atoms with E-state index in [1.165, 1.54) is 19.2 Å². The summed E-state index contributed by atoms with van der Waals surface area (Å²) >= 11 is 0. The number of amides is 1. The molecule has 0 saturated carbocycles. The lowest BCUT2D eigenvalue weighted by Gasteiger charge is -2.26. The number of benzene rings is 1. The van der Waals surface area contributed by atoms with Crippen molar-refractivity contribution in [3.8, 4) is 5.75 Å². The number of hydrogen-bond acceptors (Lipinski definition) is 4. The minimum Gasteiger partial charge on any atom is -0.497 e. The Hall–Kier alpha value is -1.82. The van der Waals surface area contributed by atoms with Crippen LogP contribution in [-0.4, -0.2) is 28.8 Å². The molecule has 2 rings (SSSR count). The Labute approximate surface area is 116 Å². The van der Waals surface area contributed by atoms with Gasteiger partial charge in [-0.2, -0.15) is 0 Å². The monoisotopic (exact) mass is 283 g/mol. The van der Waals surface area contributed by atoms with Crippen LogP contribution in [0.3, 0.4) is 0 Å². The van der Waals surface area contributed by atoms with Crippen molar-refractivity contribution in [3.05, 3.63) is 29.1 Å². The van der Waals surface area contributed by atoms with Gasteiger partial charge in [-0.25, -0.2) is 9.18 Å². The third kappa shape index (κ3) is 2.70. The van der Waals surface area contributed by atoms with Gasteiger partial charge in [0.15, 0.2) is 6.23 Å². The molecule has 0 saturated heterocycles. The van der Waals surface area contributed by atoms with Crippen LogP contribution in [0.2, 0.25) is 0 Å². The van der Waals surface area contributed by atoms with Gasteiger partial charge in [-0.3, -0.25) is 4.90 Å². The number of nitrogens with zero attached hydrogens (tertiary/aromatic N) is 1. The summed E-state index contributed by atoms with van der Waals surface area (Å²) in [5.74, 6) is -0.212. The number of fused-ring (bicyclic) bond motifs is 1. The van der Waals surface area contributed by atoms with E-state index >= 15 is 0 Å². The van der Waals surface area contributed by atoms with E-state index in [9.17, 15) is 14.3 Å². The van der Waals surface area contributed by atoms with Crippen LogP contribution in [0.1, 0.15) is 38.1 Å². The van der Waals surface area contributed by atoms with Crippen molar-refractivity contribution < 1.29 is 23.8 Å². The summed E-state index contributed by atoms with van der Waals surface area (Å²) in [6.45, 7) is 5.15. The third-order valence-corrected chi connectivity index (χ3v) is 2.97. The zero-order valence-electron chi connectivity index (χ0n) is 11.9. The summed E-state index contributed by atoms with van der Waals surface area (Å²) in [4.78, 5) is 13.1. The van der Waals surface area contributed by atoms with Gasteiger partial charge in [-0.1, -0.05) is 0 Å². The van der Waals surface area contributed by atoms with Gasteiger partial charge in [-0.05, 0) is 26.8 Å². The van der Waals surface area contributed by atoms with Crippen molar-refractivity contribution in [1.82, 2.24) is 4.90 Å². The van der Waals surface area contributed by atoms with Gasteiger partial charge in [0.2, 0.25) is 0 Å². The molecule has 0 aromatic heterocycles. The highest BCUT2D eigenvalue weighted by atomic mass is 19.1. The highest BCUT2D eigenvalue weighted by molar-refractivity contribution is 5.70. The zero-order chi connectivity index (χ0) is 15.1. The molecule has 6 heteroatoms. The van der Waals surface area contributed by atoms with Gasteiger partial charge in [0.05, 0.1) is 13.7 Å². The van der Waals surface area contributed by atoms with Crippen LogP contribution in [0.15, 0.2) is 12.1 Å². The summed E-state index contributed by atoms with van der Waals surface area (Å²) < 4.78 is 24.1. The maximum Gasteiger partial charge on any atom is 0.412 e. The van der Waals surface area contributed by atoms with E-state index in [0.29, 0.717) is 11.3 Å². The Morgan fingerprint density at radius 1 is 1.45 bits per heavy atom. The maximum atomic E-state index is 13.9. The van der Waals surface area contributed by atoms with Gasteiger partial charge >= 0.3 is 6.09 Å². The van der Waals surface area contributed by atoms with E-state index < -0.39 is 23.7 Å². The molecule has 0 spiro atoms. The van der Waals surface area contributed by atoms with Crippen LogP contribution in [0.5, 0.6) is 5.75 Å². The number of hydrogen-bond donors (Lipinski definition) is 1. The lowest BCUT2D eigenvalue weighted by atomic mass is 10.1. The van der Waals surface area contributed by atoms with E-state index in [1.54, 1.807) is 20.8 Å². The molecule has 110 valence electrons. The molecule has 1 N–H and O–H groups in total. The van der Waals surface area contributed by atoms with Crippen LogP contribution in [0.4, 0.5) is 9.18 Å². The van der Waals surface area contributed by atoms with Gasteiger partial charge in [0, 0.05) is 17.2 Å². The summed E-state index contributed by atoms with van der Waals surface area (Å²) in [5, 5.41) is 10.2. The number of carbonyl (C=O) groups is 1. The van der Waals surface area contributed by atoms with Crippen molar-refractivity contribution in [2.75, 3.05) is 7.11 Å². The fraction of sp³-hybridized carbons (Fsp3) is 0.500. The summed E-state index contributed by atoms with van der Waals surface area (Å²) in [6, 6.07) is 2.75. The molecule has 1 amide bonds. The minimum absolute atomic E-state index is 0.0265. The topological polar surface area (TPSA) is 59.0 Å². The molecule has 0 fully saturated rings. The normalized spacial score (nSPS) is 17.9. The van der Waals surface area contributed by atoms with Crippen LogP contribution >= 0.6 is 0 Å². The van der Waals surface area contributed by atoms with Gasteiger partial charge in [-0.15, -0.1) is 0 Å². The van der Waals surface area contributed by atoms with Gasteiger partial charge in [0.25, 0.3) is 0 Å². The van der Waals surface area contributed by atoms with Gasteiger partial charge in [0.1, 0.15) is 17.2 Å². The second kappa shape index (κ2) is 4.94. The Morgan fingerprint density at radius 3 is 2.65 bits per heavy atom. The maximum absolute atomic E-state index is 13.9. The summed E-state index contributed by atoms with van der Waals surface area (Å²) in [7, 11) is 1.41. The second-order valence-corrected chi connectivity index (χ2v) is 5.66. The largest absolute Gasteiger partial charge is 0.497 e. The number of aliphatic hydroxyl groups excluding tert-OH is 1. The van der Waals surface area contributed by atoms with E-state index in [-0.39, 0.29) is 12.1 Å². The number of carbonyl (C=O) groups excluding carboxylic acids is 1. The van der Waals surface area contributed by atoms with E-state index in [0.717, 1.165) is 4.90 Å². The quantitative estimate of drug-likeness (QED) is 0.860. The standard InChI is InChI=1S/C14H18FNO4/c1-14(2,3)20-13(18)16-7-10-9(12(16)17)5-8(19-4)6-11(10)15/h5-6,12,17H,7H2,1-4H3. The minimum atomic E-state index is -1.23. The first-order valence-corrected chi connectivity index (χ1v) is 6.27. The number of methoxy groups -OCH3 is 1. The Kier molecular flexibility index (Phi) is 3.60. The lowest BCUT2D eigenvalue weighted by Crippen LogP contribution is -2.35. The average molecular weight is 283 g/mol. The van der Waals surface area contributed by atoms with Gasteiger partial charge < -0.3 is 14.6 Å². The Morgan fingerprint density at radius 2 is 2.10 bits per heavy atom. The molecule has 0 bridgehead atoms. The fourth-order valence-corrected chi connectivity index (χ4v) is 2.06. The molecule has 5 nitrogen and oxygen atoms in total. The third-order valence-electron chi connectivity index (χ3n) is 2.97. The summed E-state index contributed by atoms with van der Waals surface area (Å²) in [5.41, 5.74) is -0.0705. The van der Waals surface area contributed by atoms with E-state index in [1.807, 2.05) is 0 Å². The Balaban J connectivity index is 2.27. The molecule has 0 radical (unpaired) electrons. The summed E-state index contributed by atoms with van der Waals surface area (Å²) in [6.07, 6.45) is -1.91. The Bertz CT molecular complexity index is 539. The van der Waals surface area contributed by atoms with Crippen molar-refractivity contribution >= 4 is 6.09 Å². The molecule has 1 aliphatic heterocycles. The number of aliphatic hydroxyl groups is 1. The first-order chi connectivity index (χ1) is 9.23. The van der Waals surface area contributed by atoms with Crippen LogP contribution in [0.25, 0.3) is 0 Å². The van der Waals surface area contributed by atoms with E-state index in [4.69, 9.17) is 9.47 Å². The first kappa shape index (κ1) is 14.6.